The number of hydrogen-bond donors (Lipinski definition) is 1. The molecule has 0 aromatic heterocycles. The van der Waals surface area contributed by atoms with Gasteiger partial charge in [0.1, 0.15) is 5.60 Å². The summed E-state index contributed by atoms with van der Waals surface area (Å²) in [5, 5.41) is 12.1. The van der Waals surface area contributed by atoms with Gasteiger partial charge in [-0.15, -0.1) is 12.4 Å². The summed E-state index contributed by atoms with van der Waals surface area (Å²) in [5.74, 6) is 0.351. The highest BCUT2D eigenvalue weighted by atomic mass is 35.5. The highest BCUT2D eigenvalue weighted by Crippen LogP contribution is 2.42. The number of hydrogen-bond acceptors (Lipinski definition) is 3. The minimum Gasteiger partial charge on any atom is -0.380 e. The molecule has 0 aliphatic carbocycles. The van der Waals surface area contributed by atoms with Crippen LogP contribution in [0.1, 0.15) is 60.5 Å². The normalized spacial score (nSPS) is 14.5. The number of unbranched alkanes of at least 4 members (excludes halogenated alkanes) is 1. The Morgan fingerprint density at radius 1 is 0.909 bits per heavy atom. The van der Waals surface area contributed by atoms with E-state index in [-0.39, 0.29) is 24.1 Å². The number of ketones is 1. The molecule has 4 heteroatoms. The second kappa shape index (κ2) is 11.5. The Labute approximate surface area is 203 Å². The van der Waals surface area contributed by atoms with Crippen LogP contribution in [-0.4, -0.2) is 24.0 Å². The zero-order chi connectivity index (χ0) is 22.4. The van der Waals surface area contributed by atoms with Crippen LogP contribution >= 0.6 is 12.4 Å². The van der Waals surface area contributed by atoms with Crippen molar-refractivity contribution in [1.82, 2.24) is 0 Å². The number of anilines is 1. The third-order valence-electron chi connectivity index (χ3n) is 6.80. The van der Waals surface area contributed by atoms with Gasteiger partial charge in [-0.1, -0.05) is 86.1 Å². The second-order valence-electron chi connectivity index (χ2n) is 8.84. The quantitative estimate of drug-likeness (QED) is 0.381. The Morgan fingerprint density at radius 3 is 2.03 bits per heavy atom. The van der Waals surface area contributed by atoms with Gasteiger partial charge in [-0.3, -0.25) is 4.79 Å². The van der Waals surface area contributed by atoms with Gasteiger partial charge in [0.15, 0.2) is 5.78 Å². The molecule has 1 N–H and O–H groups in total. The molecule has 174 valence electrons. The van der Waals surface area contributed by atoms with E-state index in [9.17, 15) is 9.90 Å². The average Bonchev–Trinajstić information content (AvgIpc) is 2.88. The van der Waals surface area contributed by atoms with Crippen LogP contribution in [0.2, 0.25) is 0 Å². The molecule has 0 amide bonds. The molecule has 0 spiro atoms. The second-order valence-corrected chi connectivity index (χ2v) is 8.84. The van der Waals surface area contributed by atoms with E-state index in [2.05, 4.69) is 17.9 Å². The van der Waals surface area contributed by atoms with Crippen molar-refractivity contribution >= 4 is 23.9 Å². The summed E-state index contributed by atoms with van der Waals surface area (Å²) in [5.41, 5.74) is 2.81. The van der Waals surface area contributed by atoms with E-state index in [1.165, 1.54) is 0 Å². The predicted octanol–water partition coefficient (Wildman–Crippen LogP) is 6.63. The summed E-state index contributed by atoms with van der Waals surface area (Å²) in [6.45, 7) is 3.83. The fourth-order valence-corrected chi connectivity index (χ4v) is 4.94. The van der Waals surface area contributed by atoms with Crippen molar-refractivity contribution in [2.45, 2.75) is 44.6 Å². The molecule has 0 saturated carbocycles. The van der Waals surface area contributed by atoms with Crippen LogP contribution in [0.25, 0.3) is 0 Å². The van der Waals surface area contributed by atoms with Crippen molar-refractivity contribution in [2.75, 3.05) is 18.0 Å². The summed E-state index contributed by atoms with van der Waals surface area (Å²) in [7, 11) is 0. The lowest BCUT2D eigenvalue weighted by Gasteiger charge is -2.43. The largest absolute Gasteiger partial charge is 0.380 e. The van der Waals surface area contributed by atoms with E-state index >= 15 is 0 Å². The van der Waals surface area contributed by atoms with Gasteiger partial charge in [0.25, 0.3) is 0 Å². The molecule has 33 heavy (non-hydrogen) atoms. The third kappa shape index (κ3) is 5.48. The molecule has 3 aromatic rings. The average molecular weight is 464 g/mol. The van der Waals surface area contributed by atoms with Crippen LogP contribution in [0.15, 0.2) is 84.9 Å². The zero-order valence-corrected chi connectivity index (χ0v) is 20.1. The lowest BCUT2D eigenvalue weighted by molar-refractivity contribution is 0.00506. The van der Waals surface area contributed by atoms with Gasteiger partial charge in [-0.2, -0.15) is 0 Å². The smallest absolute Gasteiger partial charge is 0.162 e. The van der Waals surface area contributed by atoms with Crippen molar-refractivity contribution in [3.63, 3.8) is 0 Å². The maximum atomic E-state index is 12.5. The molecule has 1 aliphatic rings. The molecule has 0 atom stereocenters. The first-order chi connectivity index (χ1) is 15.6. The number of benzene rings is 3. The minimum absolute atomic E-state index is 0. The number of rotatable bonds is 8. The Kier molecular flexibility index (Phi) is 8.71. The van der Waals surface area contributed by atoms with E-state index in [1.807, 2.05) is 78.9 Å². The van der Waals surface area contributed by atoms with Crippen molar-refractivity contribution in [2.24, 2.45) is 5.92 Å². The number of carbonyl (C=O) groups excluding carboxylic acids is 1. The van der Waals surface area contributed by atoms with Crippen molar-refractivity contribution in [3.05, 3.63) is 102 Å². The number of piperidine rings is 1. The first-order valence-electron chi connectivity index (χ1n) is 11.8. The van der Waals surface area contributed by atoms with Gasteiger partial charge in [0.2, 0.25) is 0 Å². The summed E-state index contributed by atoms with van der Waals surface area (Å²) >= 11 is 0. The van der Waals surface area contributed by atoms with E-state index < -0.39 is 5.60 Å². The Bertz CT molecular complexity index is 975. The Hall–Kier alpha value is -2.62. The van der Waals surface area contributed by atoms with Crippen LogP contribution in [0.4, 0.5) is 5.69 Å². The monoisotopic (exact) mass is 463 g/mol. The van der Waals surface area contributed by atoms with Crippen LogP contribution < -0.4 is 4.90 Å². The van der Waals surface area contributed by atoms with Gasteiger partial charge in [-0.25, -0.2) is 0 Å². The predicted molar refractivity (Wildman–Crippen MR) is 138 cm³/mol. The maximum Gasteiger partial charge on any atom is 0.162 e. The van der Waals surface area contributed by atoms with Gasteiger partial charge >= 0.3 is 0 Å². The van der Waals surface area contributed by atoms with E-state index in [0.717, 1.165) is 61.2 Å². The maximum absolute atomic E-state index is 12.5. The van der Waals surface area contributed by atoms with E-state index in [0.29, 0.717) is 6.42 Å². The molecule has 3 nitrogen and oxygen atoms in total. The first-order valence-corrected chi connectivity index (χ1v) is 11.8. The lowest BCUT2D eigenvalue weighted by atomic mass is 9.72. The number of halogens is 1. The number of carbonyl (C=O) groups is 1. The third-order valence-corrected chi connectivity index (χ3v) is 6.80. The molecule has 1 heterocycles. The standard InChI is InChI=1S/C29H33NO2.ClH/c1-2-3-17-28(31)23-11-10-16-27(22-23)30-20-18-26(19-21-30)29(32,24-12-6-4-7-13-24)25-14-8-5-9-15-25;/h4-16,22,26,32H,2-3,17-21H2,1H3;1H. The summed E-state index contributed by atoms with van der Waals surface area (Å²) in [4.78, 5) is 14.8. The molecule has 0 bridgehead atoms. The SMILES string of the molecule is CCCCC(=O)c1cccc(N2CCC(C(O)(c3ccccc3)c3ccccc3)CC2)c1.Cl. The van der Waals surface area contributed by atoms with E-state index in [4.69, 9.17) is 0 Å². The number of aliphatic hydroxyl groups is 1. The molecule has 1 aliphatic heterocycles. The number of Topliss-reactive ketones (excluding diaryl/α,β-unsaturated/α-hetero) is 1. The van der Waals surface area contributed by atoms with E-state index in [1.54, 1.807) is 0 Å². The van der Waals surface area contributed by atoms with Gasteiger partial charge < -0.3 is 10.0 Å². The topological polar surface area (TPSA) is 40.5 Å². The van der Waals surface area contributed by atoms with Crippen molar-refractivity contribution < 1.29 is 9.90 Å². The Balaban J connectivity index is 0.00000306. The Morgan fingerprint density at radius 2 is 1.48 bits per heavy atom. The summed E-state index contributed by atoms with van der Waals surface area (Å²) in [6, 6.07) is 28.2. The highest BCUT2D eigenvalue weighted by Gasteiger charge is 2.41. The lowest BCUT2D eigenvalue weighted by Crippen LogP contribution is -2.44. The van der Waals surface area contributed by atoms with Gasteiger partial charge in [-0.05, 0) is 48.4 Å². The molecule has 3 aromatic carbocycles. The first kappa shape index (κ1) is 25.0. The summed E-state index contributed by atoms with van der Waals surface area (Å²) in [6.07, 6.45) is 4.35. The van der Waals surface area contributed by atoms with Crippen LogP contribution in [-0.2, 0) is 5.60 Å². The fraction of sp³-hybridized carbons (Fsp3) is 0.345. The summed E-state index contributed by atoms with van der Waals surface area (Å²) < 4.78 is 0. The van der Waals surface area contributed by atoms with Crippen molar-refractivity contribution in [1.29, 1.82) is 0 Å². The molecular weight excluding hydrogens is 430 g/mol. The molecule has 1 saturated heterocycles. The van der Waals surface area contributed by atoms with Gasteiger partial charge in [0.05, 0.1) is 0 Å². The minimum atomic E-state index is -1.01. The molecular formula is C29H34ClNO2. The molecule has 0 radical (unpaired) electrons. The number of nitrogens with zero attached hydrogens (tertiary/aromatic N) is 1. The van der Waals surface area contributed by atoms with Crippen molar-refractivity contribution in [3.8, 4) is 0 Å². The highest BCUT2D eigenvalue weighted by molar-refractivity contribution is 5.96. The zero-order valence-electron chi connectivity index (χ0n) is 19.3. The van der Waals surface area contributed by atoms with Crippen LogP contribution in [0.5, 0.6) is 0 Å². The van der Waals surface area contributed by atoms with Gasteiger partial charge in [0, 0.05) is 30.8 Å². The molecule has 0 unspecified atom stereocenters. The fourth-order valence-electron chi connectivity index (χ4n) is 4.94. The molecule has 4 rings (SSSR count). The van der Waals surface area contributed by atoms with Crippen LogP contribution in [0.3, 0.4) is 0 Å². The molecule has 1 fully saturated rings. The van der Waals surface area contributed by atoms with Crippen LogP contribution in [0, 0.1) is 5.92 Å².